The first kappa shape index (κ1) is 19.6. The molecular weight excluding hydrogens is 382 g/mol. The van der Waals surface area contributed by atoms with Crippen LogP contribution in [0, 0.1) is 6.92 Å². The van der Waals surface area contributed by atoms with Gasteiger partial charge >= 0.3 is 5.97 Å². The van der Waals surface area contributed by atoms with Gasteiger partial charge in [-0.15, -0.1) is 11.3 Å². The minimum atomic E-state index is -0.341. The lowest BCUT2D eigenvalue weighted by Gasteiger charge is -2.33. The van der Waals surface area contributed by atoms with Crippen molar-refractivity contribution in [1.82, 2.24) is 5.32 Å². The third-order valence-electron chi connectivity index (χ3n) is 5.51. The van der Waals surface area contributed by atoms with Crippen LogP contribution in [0.1, 0.15) is 47.4 Å². The number of allylic oxidation sites excluding steroid dienone is 3. The number of aryl methyl sites for hydroxylation is 1. The number of ether oxygens (including phenoxy) is 1. The second-order valence-corrected chi connectivity index (χ2v) is 8.91. The van der Waals surface area contributed by atoms with Gasteiger partial charge < -0.3 is 10.1 Å². The van der Waals surface area contributed by atoms with Crippen LogP contribution in [0.2, 0.25) is 0 Å². The van der Waals surface area contributed by atoms with Gasteiger partial charge in [-0.2, -0.15) is 0 Å². The van der Waals surface area contributed by atoms with Gasteiger partial charge in [0.15, 0.2) is 5.78 Å². The number of benzene rings is 1. The van der Waals surface area contributed by atoms with E-state index in [1.807, 2.05) is 56.3 Å². The normalized spacial score (nSPS) is 19.1. The van der Waals surface area contributed by atoms with Crippen molar-refractivity contribution in [1.29, 1.82) is 0 Å². The molecule has 4 rings (SSSR count). The second-order valence-electron chi connectivity index (χ2n) is 7.59. The Morgan fingerprint density at radius 1 is 1.14 bits per heavy atom. The molecule has 1 aromatic carbocycles. The van der Waals surface area contributed by atoms with Crippen LogP contribution in [-0.4, -0.2) is 18.4 Å². The highest BCUT2D eigenvalue weighted by Crippen LogP contribution is 2.44. The Balaban J connectivity index is 1.61. The molecule has 1 atom stereocenters. The predicted octanol–water partition coefficient (Wildman–Crippen LogP) is 4.81. The fraction of sp³-hybridized carbons (Fsp3) is 0.333. The molecule has 5 heteroatoms. The average molecular weight is 408 g/mol. The van der Waals surface area contributed by atoms with E-state index in [1.54, 1.807) is 11.3 Å². The lowest BCUT2D eigenvalue weighted by Crippen LogP contribution is -2.34. The van der Waals surface area contributed by atoms with Gasteiger partial charge in [-0.1, -0.05) is 30.3 Å². The second kappa shape index (κ2) is 8.37. The largest absolute Gasteiger partial charge is 0.462 e. The zero-order chi connectivity index (χ0) is 20.4. The van der Waals surface area contributed by atoms with E-state index in [2.05, 4.69) is 5.32 Å². The molecule has 1 aliphatic heterocycles. The predicted molar refractivity (Wildman–Crippen MR) is 115 cm³/mol. The number of dihydropyridines is 1. The van der Waals surface area contributed by atoms with E-state index in [0.717, 1.165) is 40.2 Å². The Bertz CT molecular complexity index is 1000. The van der Waals surface area contributed by atoms with E-state index < -0.39 is 0 Å². The summed E-state index contributed by atoms with van der Waals surface area (Å²) < 4.78 is 5.66. The third-order valence-corrected chi connectivity index (χ3v) is 6.57. The zero-order valence-corrected chi connectivity index (χ0v) is 17.6. The van der Waals surface area contributed by atoms with Crippen LogP contribution in [0.25, 0.3) is 0 Å². The summed E-state index contributed by atoms with van der Waals surface area (Å²) in [6, 6.07) is 14.1. The molecule has 1 N–H and O–H groups in total. The summed E-state index contributed by atoms with van der Waals surface area (Å²) in [5.74, 6) is -0.536. The molecule has 0 saturated carbocycles. The van der Waals surface area contributed by atoms with Crippen molar-refractivity contribution in [3.8, 4) is 0 Å². The summed E-state index contributed by atoms with van der Waals surface area (Å²) in [6.07, 6.45) is 2.90. The maximum Gasteiger partial charge on any atom is 0.336 e. The van der Waals surface area contributed by atoms with Gasteiger partial charge in [0, 0.05) is 39.6 Å². The van der Waals surface area contributed by atoms with Gasteiger partial charge in [0.2, 0.25) is 0 Å². The molecule has 0 bridgehead atoms. The Kier molecular flexibility index (Phi) is 5.67. The molecule has 29 heavy (non-hydrogen) atoms. The number of esters is 1. The number of ketones is 1. The summed E-state index contributed by atoms with van der Waals surface area (Å²) in [5.41, 5.74) is 4.20. The van der Waals surface area contributed by atoms with Crippen LogP contribution in [0.3, 0.4) is 0 Å². The van der Waals surface area contributed by atoms with E-state index in [0.29, 0.717) is 25.0 Å². The summed E-state index contributed by atoms with van der Waals surface area (Å²) >= 11 is 1.64. The molecule has 2 aliphatic rings. The molecule has 0 fully saturated rings. The van der Waals surface area contributed by atoms with E-state index in [4.69, 9.17) is 4.74 Å². The standard InChI is InChI=1S/C24H25NO3S/c1-15-11-12-20(29-15)23-21(16(2)25-18-9-6-10-19(26)22(18)23)24(27)28-14-13-17-7-4-3-5-8-17/h3-5,7-8,11-12,23,25H,6,9-10,13-14H2,1-2H3. The van der Waals surface area contributed by atoms with Gasteiger partial charge in [-0.3, -0.25) is 4.79 Å². The molecule has 1 unspecified atom stereocenters. The highest BCUT2D eigenvalue weighted by atomic mass is 32.1. The Morgan fingerprint density at radius 2 is 1.93 bits per heavy atom. The first-order chi connectivity index (χ1) is 14.0. The molecule has 0 spiro atoms. The smallest absolute Gasteiger partial charge is 0.336 e. The van der Waals surface area contributed by atoms with Crippen LogP contribution in [0.15, 0.2) is 65.0 Å². The summed E-state index contributed by atoms with van der Waals surface area (Å²) in [4.78, 5) is 28.1. The molecule has 0 saturated heterocycles. The number of Topliss-reactive ketones (excluding diaryl/α,β-unsaturated/α-hetero) is 1. The molecule has 2 aromatic rings. The van der Waals surface area contributed by atoms with Gasteiger partial charge in [0.25, 0.3) is 0 Å². The van der Waals surface area contributed by atoms with Crippen molar-refractivity contribution in [2.45, 2.75) is 45.4 Å². The SMILES string of the molecule is CC1=C(C(=O)OCCc2ccccc2)C(c2ccc(C)s2)C2=C(CCCC2=O)N1. The quantitative estimate of drug-likeness (QED) is 0.723. The molecule has 1 aromatic heterocycles. The van der Waals surface area contributed by atoms with Gasteiger partial charge in [0.1, 0.15) is 0 Å². The van der Waals surface area contributed by atoms with Crippen LogP contribution in [0.4, 0.5) is 0 Å². The minimum absolute atomic E-state index is 0.136. The van der Waals surface area contributed by atoms with Crippen molar-refractivity contribution >= 4 is 23.1 Å². The first-order valence-electron chi connectivity index (χ1n) is 10.1. The van der Waals surface area contributed by atoms with Crippen molar-refractivity contribution in [3.63, 3.8) is 0 Å². The number of nitrogens with one attached hydrogen (secondary N) is 1. The molecule has 0 amide bonds. The van der Waals surface area contributed by atoms with E-state index in [-0.39, 0.29) is 17.7 Å². The number of thiophene rings is 1. The summed E-state index contributed by atoms with van der Waals surface area (Å²) in [6.45, 7) is 4.27. The number of carbonyl (C=O) groups excluding carboxylic acids is 2. The topological polar surface area (TPSA) is 55.4 Å². The molecule has 2 heterocycles. The fourth-order valence-electron chi connectivity index (χ4n) is 4.13. The van der Waals surface area contributed by atoms with Crippen molar-refractivity contribution in [2.24, 2.45) is 0 Å². The van der Waals surface area contributed by atoms with Crippen LogP contribution in [0.5, 0.6) is 0 Å². The maximum atomic E-state index is 13.1. The van der Waals surface area contributed by atoms with Gasteiger partial charge in [0.05, 0.1) is 18.1 Å². The first-order valence-corrected chi connectivity index (χ1v) is 10.9. The lowest BCUT2D eigenvalue weighted by molar-refractivity contribution is -0.139. The molecule has 150 valence electrons. The molecule has 1 aliphatic carbocycles. The number of rotatable bonds is 5. The van der Waals surface area contributed by atoms with E-state index in [1.165, 1.54) is 4.88 Å². The Morgan fingerprint density at radius 3 is 2.66 bits per heavy atom. The van der Waals surface area contributed by atoms with Crippen molar-refractivity contribution in [2.75, 3.05) is 6.61 Å². The number of hydrogen-bond donors (Lipinski definition) is 1. The molecule has 0 radical (unpaired) electrons. The Hall–Kier alpha value is -2.66. The van der Waals surface area contributed by atoms with Crippen LogP contribution < -0.4 is 5.32 Å². The molecular formula is C24H25NO3S. The monoisotopic (exact) mass is 407 g/mol. The van der Waals surface area contributed by atoms with E-state index in [9.17, 15) is 9.59 Å². The fourth-order valence-corrected chi connectivity index (χ4v) is 5.13. The third kappa shape index (κ3) is 4.06. The molecule has 4 nitrogen and oxygen atoms in total. The van der Waals surface area contributed by atoms with Crippen molar-refractivity contribution in [3.05, 3.63) is 80.3 Å². The highest BCUT2D eigenvalue weighted by molar-refractivity contribution is 7.12. The van der Waals surface area contributed by atoms with Crippen LogP contribution in [-0.2, 0) is 20.7 Å². The highest BCUT2D eigenvalue weighted by Gasteiger charge is 2.39. The lowest BCUT2D eigenvalue weighted by atomic mass is 9.78. The van der Waals surface area contributed by atoms with E-state index >= 15 is 0 Å². The minimum Gasteiger partial charge on any atom is -0.462 e. The Labute approximate surface area is 175 Å². The number of carbonyl (C=O) groups is 2. The van der Waals surface area contributed by atoms with Crippen molar-refractivity contribution < 1.29 is 14.3 Å². The summed E-state index contributed by atoms with van der Waals surface area (Å²) in [7, 11) is 0. The summed E-state index contributed by atoms with van der Waals surface area (Å²) in [5, 5.41) is 3.34. The van der Waals surface area contributed by atoms with Gasteiger partial charge in [-0.05, 0) is 44.4 Å². The average Bonchev–Trinajstić information content (AvgIpc) is 3.14. The zero-order valence-electron chi connectivity index (χ0n) is 16.8. The number of hydrogen-bond acceptors (Lipinski definition) is 5. The van der Waals surface area contributed by atoms with Crippen LogP contribution >= 0.6 is 11.3 Å². The van der Waals surface area contributed by atoms with Gasteiger partial charge in [-0.25, -0.2) is 4.79 Å². The maximum absolute atomic E-state index is 13.1.